The minimum atomic E-state index is -0.334. The number of hydrogen-bond donors (Lipinski definition) is 1. The average Bonchev–Trinajstić information content (AvgIpc) is 3.71. The fourth-order valence-electron chi connectivity index (χ4n) is 7.98. The number of anilines is 1. The molecule has 2 aromatic carbocycles. The highest BCUT2D eigenvalue weighted by Gasteiger charge is 2.53. The number of piperidine rings is 1. The molecular formula is C34H42N6O2. The van der Waals surface area contributed by atoms with E-state index in [9.17, 15) is 4.79 Å². The van der Waals surface area contributed by atoms with Gasteiger partial charge in [0, 0.05) is 62.0 Å². The van der Waals surface area contributed by atoms with E-state index in [1.165, 1.54) is 11.3 Å². The molecule has 1 aliphatic carbocycles. The van der Waals surface area contributed by atoms with Gasteiger partial charge in [-0.25, -0.2) is 9.64 Å². The van der Waals surface area contributed by atoms with Gasteiger partial charge in [0.25, 0.3) is 0 Å². The lowest BCUT2D eigenvalue weighted by Crippen LogP contribution is -2.55. The van der Waals surface area contributed by atoms with Crippen molar-refractivity contribution in [2.24, 2.45) is 17.8 Å². The first-order valence-electron chi connectivity index (χ1n) is 15.4. The van der Waals surface area contributed by atoms with Gasteiger partial charge in [0.05, 0.1) is 13.1 Å². The predicted molar refractivity (Wildman–Crippen MR) is 165 cm³/mol. The van der Waals surface area contributed by atoms with Crippen LogP contribution in [0.3, 0.4) is 0 Å². The van der Waals surface area contributed by atoms with Gasteiger partial charge in [-0.05, 0) is 74.9 Å². The van der Waals surface area contributed by atoms with Gasteiger partial charge in [-0.2, -0.15) is 5.10 Å². The Kier molecular flexibility index (Phi) is 8.48. The minimum absolute atomic E-state index is 0.108. The summed E-state index contributed by atoms with van der Waals surface area (Å²) in [6.07, 6.45) is 8.76. The summed E-state index contributed by atoms with van der Waals surface area (Å²) in [7, 11) is 1.64. The van der Waals surface area contributed by atoms with E-state index in [-0.39, 0.29) is 23.5 Å². The second-order valence-corrected chi connectivity index (χ2v) is 12.3. The second-order valence-electron chi connectivity index (χ2n) is 12.3. The first-order valence-corrected chi connectivity index (χ1v) is 15.4. The molecule has 0 bridgehead atoms. The third kappa shape index (κ3) is 5.76. The molecule has 220 valence electrons. The zero-order valence-electron chi connectivity index (χ0n) is 24.6. The Balaban J connectivity index is 1.18. The van der Waals surface area contributed by atoms with Gasteiger partial charge in [0.1, 0.15) is 6.10 Å². The monoisotopic (exact) mass is 566 g/mol. The number of carbonyl (C=O) groups excluding carboxylic acids is 1. The van der Waals surface area contributed by atoms with Crippen molar-refractivity contribution in [1.29, 1.82) is 0 Å². The van der Waals surface area contributed by atoms with E-state index in [4.69, 9.17) is 11.3 Å². The van der Waals surface area contributed by atoms with Crippen molar-refractivity contribution in [2.75, 3.05) is 44.7 Å². The van der Waals surface area contributed by atoms with Crippen LogP contribution in [0.15, 0.2) is 73.1 Å². The predicted octanol–water partition coefficient (Wildman–Crippen LogP) is 5.74. The Morgan fingerprint density at radius 3 is 2.48 bits per heavy atom. The van der Waals surface area contributed by atoms with E-state index in [2.05, 4.69) is 78.4 Å². The maximum Gasteiger partial charge on any atom is 0.407 e. The van der Waals surface area contributed by atoms with Crippen LogP contribution in [-0.4, -0.2) is 66.6 Å². The number of rotatable bonds is 9. The Labute approximate surface area is 249 Å². The van der Waals surface area contributed by atoms with Gasteiger partial charge >= 0.3 is 6.09 Å². The SMILES string of the molecule is [C-]#[N+]c1ccc(N2CC(CN3CCC(C(Cn4cccn4)(c4ccccc4)[C@H]4CCC[C@@H]4OC(=O)NC)CC3)C2)cc1. The maximum absolute atomic E-state index is 12.4. The third-order valence-corrected chi connectivity index (χ3v) is 10.0. The molecule has 8 nitrogen and oxygen atoms in total. The van der Waals surface area contributed by atoms with Crippen LogP contribution in [0.2, 0.25) is 0 Å². The van der Waals surface area contributed by atoms with Crippen LogP contribution in [0, 0.1) is 24.3 Å². The summed E-state index contributed by atoms with van der Waals surface area (Å²) in [6, 6.07) is 21.0. The fraction of sp³-hybridized carbons (Fsp3) is 0.500. The number of benzene rings is 2. The lowest BCUT2D eigenvalue weighted by atomic mass is 9.58. The van der Waals surface area contributed by atoms with Gasteiger partial charge in [-0.3, -0.25) is 4.68 Å². The Morgan fingerprint density at radius 2 is 1.81 bits per heavy atom. The smallest absolute Gasteiger partial charge is 0.407 e. The van der Waals surface area contributed by atoms with Gasteiger partial charge in [-0.15, -0.1) is 0 Å². The standard InChI is InChI=1S/C34H42N6O2/c1-35-29-12-14-30(15-13-29)39-23-26(24-39)22-38-20-16-28(17-21-38)34(25-40-19-7-18-37-40,27-8-4-3-5-9-27)31-10-6-11-32(31)42-33(41)36-2/h3-5,7-9,12-15,18-19,26,28,31-32H,6,10-11,16-17,20-25H2,2H3,(H,36,41)/t31-,32-,34?/m0/s1. The summed E-state index contributed by atoms with van der Waals surface area (Å²) < 4.78 is 8.16. The van der Waals surface area contributed by atoms with Crippen molar-refractivity contribution in [3.8, 4) is 0 Å². The molecule has 0 spiro atoms. The number of aromatic nitrogens is 2. The zero-order valence-corrected chi connectivity index (χ0v) is 24.6. The molecule has 1 amide bonds. The van der Waals surface area contributed by atoms with Crippen LogP contribution in [0.1, 0.15) is 37.7 Å². The largest absolute Gasteiger partial charge is 0.446 e. The number of hydrogen-bond acceptors (Lipinski definition) is 5. The molecular weight excluding hydrogens is 524 g/mol. The van der Waals surface area contributed by atoms with Crippen molar-refractivity contribution in [2.45, 2.75) is 50.2 Å². The molecule has 1 unspecified atom stereocenters. The Bertz CT molecular complexity index is 1340. The normalized spacial score (nSPS) is 23.1. The minimum Gasteiger partial charge on any atom is -0.446 e. The van der Waals surface area contributed by atoms with Crippen LogP contribution in [0.25, 0.3) is 4.85 Å². The van der Waals surface area contributed by atoms with Crippen LogP contribution in [0.4, 0.5) is 16.2 Å². The molecule has 42 heavy (non-hydrogen) atoms. The topological polar surface area (TPSA) is 67.0 Å². The molecule has 8 heteroatoms. The van der Waals surface area contributed by atoms with E-state index in [1.54, 1.807) is 7.05 Å². The molecule has 2 aliphatic heterocycles. The van der Waals surface area contributed by atoms with Crippen molar-refractivity contribution in [3.63, 3.8) is 0 Å². The van der Waals surface area contributed by atoms with Crippen LogP contribution in [0.5, 0.6) is 0 Å². The van der Waals surface area contributed by atoms with E-state index < -0.39 is 0 Å². The van der Waals surface area contributed by atoms with Crippen LogP contribution >= 0.6 is 0 Å². The summed E-state index contributed by atoms with van der Waals surface area (Å²) >= 11 is 0. The first-order chi connectivity index (χ1) is 20.6. The number of likely N-dealkylation sites (tertiary alicyclic amines) is 1. The molecule has 6 rings (SSSR count). The zero-order chi connectivity index (χ0) is 28.9. The third-order valence-electron chi connectivity index (χ3n) is 10.0. The van der Waals surface area contributed by atoms with Gasteiger partial charge < -0.3 is 19.9 Å². The molecule has 1 saturated carbocycles. The number of ether oxygens (including phenoxy) is 1. The number of amides is 1. The highest BCUT2D eigenvalue weighted by atomic mass is 16.6. The quantitative estimate of drug-likeness (QED) is 0.335. The van der Waals surface area contributed by atoms with E-state index in [0.29, 0.717) is 17.5 Å². The van der Waals surface area contributed by atoms with Crippen molar-refractivity contribution in [3.05, 3.63) is 90.0 Å². The van der Waals surface area contributed by atoms with Crippen molar-refractivity contribution >= 4 is 17.5 Å². The lowest BCUT2D eigenvalue weighted by molar-refractivity contribution is 0.000591. The molecule has 3 fully saturated rings. The van der Waals surface area contributed by atoms with E-state index in [0.717, 1.165) is 71.4 Å². The van der Waals surface area contributed by atoms with Crippen LogP contribution < -0.4 is 10.2 Å². The van der Waals surface area contributed by atoms with Crippen LogP contribution in [-0.2, 0) is 16.7 Å². The summed E-state index contributed by atoms with van der Waals surface area (Å²) in [4.78, 5) is 21.0. The van der Waals surface area contributed by atoms with Gasteiger partial charge in [0.2, 0.25) is 0 Å². The molecule has 1 N–H and O–H groups in total. The first kappa shape index (κ1) is 28.3. The average molecular weight is 567 g/mol. The fourth-order valence-corrected chi connectivity index (χ4v) is 7.98. The van der Waals surface area contributed by atoms with Gasteiger partial charge in [-0.1, -0.05) is 42.5 Å². The highest BCUT2D eigenvalue weighted by molar-refractivity contribution is 5.67. The number of alkyl carbamates (subject to hydrolysis) is 1. The van der Waals surface area contributed by atoms with Gasteiger partial charge in [0.15, 0.2) is 5.69 Å². The molecule has 3 heterocycles. The lowest BCUT2D eigenvalue weighted by Gasteiger charge is -2.51. The molecule has 0 radical (unpaired) electrons. The second kappa shape index (κ2) is 12.6. The Morgan fingerprint density at radius 1 is 1.05 bits per heavy atom. The molecule has 3 aliphatic rings. The number of nitrogens with zero attached hydrogens (tertiary/aromatic N) is 5. The summed E-state index contributed by atoms with van der Waals surface area (Å²) in [5.74, 6) is 1.36. The molecule has 1 aromatic heterocycles. The summed E-state index contributed by atoms with van der Waals surface area (Å²) in [6.45, 7) is 13.4. The number of carbonyl (C=O) groups is 1. The van der Waals surface area contributed by atoms with E-state index >= 15 is 0 Å². The van der Waals surface area contributed by atoms with E-state index in [1.807, 2.05) is 24.4 Å². The highest BCUT2D eigenvalue weighted by Crippen LogP contribution is 2.52. The number of nitrogens with one attached hydrogen (secondary N) is 1. The van der Waals surface area contributed by atoms with Crippen molar-refractivity contribution < 1.29 is 9.53 Å². The van der Waals surface area contributed by atoms with Crippen molar-refractivity contribution in [1.82, 2.24) is 20.0 Å². The maximum atomic E-state index is 12.4. The molecule has 3 aromatic rings. The Hall–Kier alpha value is -3.83. The summed E-state index contributed by atoms with van der Waals surface area (Å²) in [5.41, 5.74) is 3.07. The molecule has 3 atom stereocenters. The molecule has 2 saturated heterocycles. The summed E-state index contributed by atoms with van der Waals surface area (Å²) in [5, 5.41) is 7.36.